The van der Waals surface area contributed by atoms with Crippen LogP contribution >= 0.6 is 0 Å². The number of hydrogen-bond acceptors (Lipinski definition) is 3. The highest BCUT2D eigenvalue weighted by atomic mass is 16.4. The fraction of sp³-hybridized carbons (Fsp3) is 0.385. The highest BCUT2D eigenvalue weighted by Gasteiger charge is 2.27. The van der Waals surface area contributed by atoms with Crippen molar-refractivity contribution in [3.05, 3.63) is 35.4 Å². The molecule has 18 heavy (non-hydrogen) atoms. The Morgan fingerprint density at radius 1 is 1.22 bits per heavy atom. The quantitative estimate of drug-likeness (QED) is 0.739. The Balaban J connectivity index is 1.98. The average molecular weight is 249 g/mol. The van der Waals surface area contributed by atoms with Gasteiger partial charge in [0.25, 0.3) is 5.91 Å². The number of benzene rings is 1. The molecule has 0 radical (unpaired) electrons. The molecule has 0 saturated heterocycles. The molecule has 1 amide bonds. The monoisotopic (exact) mass is 249 g/mol. The average Bonchev–Trinajstić information content (AvgIpc) is 2.32. The van der Waals surface area contributed by atoms with Crippen LogP contribution < -0.4 is 5.32 Å². The lowest BCUT2D eigenvalue weighted by Gasteiger charge is -2.31. The van der Waals surface area contributed by atoms with Crippen LogP contribution in [0.3, 0.4) is 0 Å². The third-order valence-electron chi connectivity index (χ3n) is 3.16. The first-order valence-electron chi connectivity index (χ1n) is 5.86. The molecule has 3 N–H and O–H groups in total. The van der Waals surface area contributed by atoms with Crippen LogP contribution in [0.4, 0.5) is 0 Å². The smallest absolute Gasteiger partial charge is 0.336 e. The number of aromatic carboxylic acids is 1. The first kappa shape index (κ1) is 12.6. The van der Waals surface area contributed by atoms with Crippen molar-refractivity contribution < 1.29 is 19.8 Å². The zero-order chi connectivity index (χ0) is 13.1. The van der Waals surface area contributed by atoms with Gasteiger partial charge in [-0.1, -0.05) is 12.1 Å². The molecule has 1 aliphatic carbocycles. The molecule has 0 spiro atoms. The fourth-order valence-corrected chi connectivity index (χ4v) is 2.07. The normalized spacial score (nSPS) is 22.1. The zero-order valence-electron chi connectivity index (χ0n) is 9.80. The van der Waals surface area contributed by atoms with Crippen LogP contribution in [0.1, 0.15) is 33.6 Å². The molecule has 5 nitrogen and oxygen atoms in total. The SMILES string of the molecule is O=C(O)c1ccccc1C(=O)NCC1CC(O)C1. The Kier molecular flexibility index (Phi) is 3.62. The number of carboxylic acids is 1. The lowest BCUT2D eigenvalue weighted by Crippen LogP contribution is -2.38. The van der Waals surface area contributed by atoms with Crippen LogP contribution in [0.25, 0.3) is 0 Å². The molecule has 0 bridgehead atoms. The first-order chi connectivity index (χ1) is 8.58. The van der Waals surface area contributed by atoms with Gasteiger partial charge in [-0.15, -0.1) is 0 Å². The van der Waals surface area contributed by atoms with E-state index in [9.17, 15) is 9.59 Å². The van der Waals surface area contributed by atoms with Crippen molar-refractivity contribution in [2.24, 2.45) is 5.92 Å². The second kappa shape index (κ2) is 5.18. The maximum atomic E-state index is 11.9. The summed E-state index contributed by atoms with van der Waals surface area (Å²) in [5.74, 6) is -1.20. The zero-order valence-corrected chi connectivity index (χ0v) is 9.80. The molecule has 1 aromatic rings. The fourth-order valence-electron chi connectivity index (χ4n) is 2.07. The van der Waals surface area contributed by atoms with E-state index in [0.717, 1.165) is 0 Å². The van der Waals surface area contributed by atoms with Gasteiger partial charge in [0.2, 0.25) is 0 Å². The van der Waals surface area contributed by atoms with E-state index in [1.54, 1.807) is 12.1 Å². The van der Waals surface area contributed by atoms with Crippen molar-refractivity contribution in [3.8, 4) is 0 Å². The maximum absolute atomic E-state index is 11.9. The second-order valence-corrected chi connectivity index (χ2v) is 4.55. The summed E-state index contributed by atoms with van der Waals surface area (Å²) >= 11 is 0. The minimum absolute atomic E-state index is 0.00337. The Labute approximate surface area is 104 Å². The largest absolute Gasteiger partial charge is 0.478 e. The summed E-state index contributed by atoms with van der Waals surface area (Å²) in [6.45, 7) is 0.476. The molecule has 1 aliphatic rings. The van der Waals surface area contributed by atoms with E-state index >= 15 is 0 Å². The number of carbonyl (C=O) groups excluding carboxylic acids is 1. The molecule has 0 atom stereocenters. The van der Waals surface area contributed by atoms with Gasteiger partial charge in [0, 0.05) is 6.54 Å². The number of amides is 1. The Bertz CT molecular complexity index is 466. The van der Waals surface area contributed by atoms with Crippen molar-refractivity contribution >= 4 is 11.9 Å². The molecule has 1 aromatic carbocycles. The van der Waals surface area contributed by atoms with E-state index in [0.29, 0.717) is 25.3 Å². The van der Waals surface area contributed by atoms with Crippen LogP contribution in [0.15, 0.2) is 24.3 Å². The summed E-state index contributed by atoms with van der Waals surface area (Å²) in [7, 11) is 0. The van der Waals surface area contributed by atoms with Crippen LogP contribution in [0.5, 0.6) is 0 Å². The van der Waals surface area contributed by atoms with E-state index in [-0.39, 0.29) is 23.1 Å². The molecular weight excluding hydrogens is 234 g/mol. The minimum atomic E-state index is -1.11. The standard InChI is InChI=1S/C13H15NO4/c15-9-5-8(6-9)7-14-12(16)10-3-1-2-4-11(10)13(17)18/h1-4,8-9,15H,5-7H2,(H,14,16)(H,17,18). The Morgan fingerprint density at radius 2 is 1.83 bits per heavy atom. The van der Waals surface area contributed by atoms with Crippen LogP contribution in [-0.4, -0.2) is 34.7 Å². The number of hydrogen-bond donors (Lipinski definition) is 3. The van der Waals surface area contributed by atoms with Gasteiger partial charge in [-0.25, -0.2) is 4.79 Å². The number of carboxylic acid groups (broad SMARTS) is 1. The molecule has 0 aliphatic heterocycles. The summed E-state index contributed by atoms with van der Waals surface area (Å²) in [6, 6.07) is 6.12. The van der Waals surface area contributed by atoms with Gasteiger partial charge < -0.3 is 15.5 Å². The highest BCUT2D eigenvalue weighted by Crippen LogP contribution is 2.26. The van der Waals surface area contributed by atoms with Crippen LogP contribution in [0.2, 0.25) is 0 Å². The molecule has 0 aromatic heterocycles. The molecule has 5 heteroatoms. The molecular formula is C13H15NO4. The maximum Gasteiger partial charge on any atom is 0.336 e. The van der Waals surface area contributed by atoms with E-state index in [2.05, 4.69) is 5.32 Å². The van der Waals surface area contributed by atoms with Crippen molar-refractivity contribution in [2.75, 3.05) is 6.54 Å². The van der Waals surface area contributed by atoms with E-state index in [1.807, 2.05) is 0 Å². The van der Waals surface area contributed by atoms with E-state index in [4.69, 9.17) is 10.2 Å². The van der Waals surface area contributed by atoms with Gasteiger partial charge in [-0.3, -0.25) is 4.79 Å². The van der Waals surface area contributed by atoms with Crippen molar-refractivity contribution in [1.82, 2.24) is 5.32 Å². The molecule has 2 rings (SSSR count). The number of aliphatic hydroxyl groups excluding tert-OH is 1. The first-order valence-corrected chi connectivity index (χ1v) is 5.86. The highest BCUT2D eigenvalue weighted by molar-refractivity contribution is 6.04. The number of carbonyl (C=O) groups is 2. The van der Waals surface area contributed by atoms with Gasteiger partial charge in [-0.2, -0.15) is 0 Å². The third-order valence-corrected chi connectivity index (χ3v) is 3.16. The van der Waals surface area contributed by atoms with Gasteiger partial charge in [0.05, 0.1) is 17.2 Å². The van der Waals surface area contributed by atoms with Gasteiger partial charge in [0.1, 0.15) is 0 Å². The summed E-state index contributed by atoms with van der Waals surface area (Å²) < 4.78 is 0. The van der Waals surface area contributed by atoms with E-state index < -0.39 is 5.97 Å². The van der Waals surface area contributed by atoms with Crippen LogP contribution in [-0.2, 0) is 0 Å². The summed E-state index contributed by atoms with van der Waals surface area (Å²) in [4.78, 5) is 22.8. The molecule has 96 valence electrons. The number of rotatable bonds is 4. The van der Waals surface area contributed by atoms with Gasteiger partial charge in [-0.05, 0) is 30.9 Å². The van der Waals surface area contributed by atoms with Crippen molar-refractivity contribution in [3.63, 3.8) is 0 Å². The topological polar surface area (TPSA) is 86.6 Å². The number of nitrogens with one attached hydrogen (secondary N) is 1. The van der Waals surface area contributed by atoms with Gasteiger partial charge in [0.15, 0.2) is 0 Å². The molecule has 0 unspecified atom stereocenters. The third kappa shape index (κ3) is 2.68. The predicted octanol–water partition coefficient (Wildman–Crippen LogP) is 0.885. The van der Waals surface area contributed by atoms with Crippen molar-refractivity contribution in [2.45, 2.75) is 18.9 Å². The summed E-state index contributed by atoms with van der Waals surface area (Å²) in [6.07, 6.45) is 1.14. The second-order valence-electron chi connectivity index (χ2n) is 4.55. The van der Waals surface area contributed by atoms with Crippen LogP contribution in [0, 0.1) is 5.92 Å². The molecule has 1 saturated carbocycles. The molecule has 0 heterocycles. The number of aliphatic hydroxyl groups is 1. The Hall–Kier alpha value is -1.88. The minimum Gasteiger partial charge on any atom is -0.478 e. The van der Waals surface area contributed by atoms with Gasteiger partial charge >= 0.3 is 5.97 Å². The lowest BCUT2D eigenvalue weighted by molar-refractivity contribution is 0.0420. The lowest BCUT2D eigenvalue weighted by atomic mass is 9.82. The van der Waals surface area contributed by atoms with E-state index in [1.165, 1.54) is 12.1 Å². The predicted molar refractivity (Wildman–Crippen MR) is 64.5 cm³/mol. The molecule has 1 fully saturated rings. The van der Waals surface area contributed by atoms with Crippen molar-refractivity contribution in [1.29, 1.82) is 0 Å². The Morgan fingerprint density at radius 3 is 2.39 bits per heavy atom. The summed E-state index contributed by atoms with van der Waals surface area (Å²) in [5, 5.41) is 20.8. The summed E-state index contributed by atoms with van der Waals surface area (Å²) in [5.41, 5.74) is 0.175.